The molecule has 0 unspecified atom stereocenters. The monoisotopic (exact) mass is 156 g/mol. The van der Waals surface area contributed by atoms with Gasteiger partial charge in [-0.25, -0.2) is 0 Å². The lowest BCUT2D eigenvalue weighted by molar-refractivity contribution is 0.174. The number of hydrogen-bond donors (Lipinski definition) is 1. The molecule has 0 aliphatic carbocycles. The lowest BCUT2D eigenvalue weighted by Gasteiger charge is -2.35. The van der Waals surface area contributed by atoms with Crippen molar-refractivity contribution in [1.29, 1.82) is 0 Å². The summed E-state index contributed by atoms with van der Waals surface area (Å²) in [6.45, 7) is 10.5. The van der Waals surface area contributed by atoms with Crippen molar-refractivity contribution in [3.63, 3.8) is 0 Å². The van der Waals surface area contributed by atoms with E-state index in [4.69, 9.17) is 0 Å². The molecule has 0 saturated carbocycles. The molecule has 1 aliphatic heterocycles. The first-order valence-electron chi connectivity index (χ1n) is 4.70. The van der Waals surface area contributed by atoms with Gasteiger partial charge in [0, 0.05) is 25.2 Å². The van der Waals surface area contributed by atoms with Gasteiger partial charge in [0.15, 0.2) is 0 Å². The van der Waals surface area contributed by atoms with Gasteiger partial charge in [-0.05, 0) is 26.8 Å². The predicted molar refractivity (Wildman–Crippen MR) is 48.8 cm³/mol. The number of nitrogens with one attached hydrogen (secondary N) is 1. The Bertz CT molecular complexity index is 104. The van der Waals surface area contributed by atoms with E-state index >= 15 is 0 Å². The molecule has 0 amide bonds. The van der Waals surface area contributed by atoms with Crippen LogP contribution in [-0.4, -0.2) is 36.6 Å². The van der Waals surface area contributed by atoms with Gasteiger partial charge in [-0.15, -0.1) is 0 Å². The van der Waals surface area contributed by atoms with E-state index in [1.807, 2.05) is 0 Å². The average Bonchev–Trinajstić information content (AvgIpc) is 1.85. The zero-order valence-corrected chi connectivity index (χ0v) is 7.93. The van der Waals surface area contributed by atoms with Crippen LogP contribution in [-0.2, 0) is 0 Å². The summed E-state index contributed by atoms with van der Waals surface area (Å²) in [4.78, 5) is 2.55. The van der Waals surface area contributed by atoms with Crippen molar-refractivity contribution in [2.45, 2.75) is 39.3 Å². The summed E-state index contributed by atoms with van der Waals surface area (Å²) in [7, 11) is 0. The molecule has 2 heteroatoms. The van der Waals surface area contributed by atoms with Gasteiger partial charge in [0.1, 0.15) is 0 Å². The Morgan fingerprint density at radius 3 is 2.27 bits per heavy atom. The maximum Gasteiger partial charge on any atom is 0.0169 e. The normalized spacial score (nSPS) is 34.1. The van der Waals surface area contributed by atoms with Crippen molar-refractivity contribution in [1.82, 2.24) is 10.2 Å². The van der Waals surface area contributed by atoms with E-state index in [1.165, 1.54) is 26.1 Å². The molecule has 1 N–H and O–H groups in total. The van der Waals surface area contributed by atoms with Gasteiger partial charge in [-0.1, -0.05) is 6.92 Å². The van der Waals surface area contributed by atoms with Crippen LogP contribution in [0.2, 0.25) is 0 Å². The highest BCUT2D eigenvalue weighted by atomic mass is 15.2. The Morgan fingerprint density at radius 2 is 1.82 bits per heavy atom. The third-order valence-corrected chi connectivity index (χ3v) is 2.17. The maximum absolute atomic E-state index is 3.53. The number of hydrogen-bond acceptors (Lipinski definition) is 2. The minimum Gasteiger partial charge on any atom is -0.309 e. The fourth-order valence-electron chi connectivity index (χ4n) is 1.94. The Hall–Kier alpha value is -0.0800. The fourth-order valence-corrected chi connectivity index (χ4v) is 1.94. The molecular formula is C9H20N2. The summed E-state index contributed by atoms with van der Waals surface area (Å²) < 4.78 is 0. The summed E-state index contributed by atoms with van der Waals surface area (Å²) in [5, 5.41) is 3.53. The molecule has 1 rings (SSSR count). The van der Waals surface area contributed by atoms with Crippen molar-refractivity contribution >= 4 is 0 Å². The second-order valence-electron chi connectivity index (χ2n) is 3.73. The Balaban J connectivity index is 2.30. The zero-order valence-electron chi connectivity index (χ0n) is 7.93. The lowest BCUT2D eigenvalue weighted by atomic mass is 10.1. The van der Waals surface area contributed by atoms with E-state index in [-0.39, 0.29) is 0 Å². The molecule has 1 saturated heterocycles. The summed E-state index contributed by atoms with van der Waals surface area (Å²) >= 11 is 0. The minimum atomic E-state index is 0.672. The van der Waals surface area contributed by atoms with Crippen LogP contribution in [0.3, 0.4) is 0 Å². The minimum absolute atomic E-state index is 0.672. The fraction of sp³-hybridized carbons (Fsp3) is 1.00. The van der Waals surface area contributed by atoms with Crippen LogP contribution in [0.1, 0.15) is 27.2 Å². The standard InChI is InChI=1S/C9H20N2/c1-4-5-11-6-8(2)10-9(3)7-11/h8-10H,4-7H2,1-3H3/t8-,9-/m0/s1. The van der Waals surface area contributed by atoms with Crippen molar-refractivity contribution < 1.29 is 0 Å². The average molecular weight is 156 g/mol. The Labute approximate surface area is 70.0 Å². The first kappa shape index (κ1) is 9.01. The van der Waals surface area contributed by atoms with Crippen LogP contribution < -0.4 is 5.32 Å². The largest absolute Gasteiger partial charge is 0.309 e. The van der Waals surface area contributed by atoms with Crippen molar-refractivity contribution in [3.8, 4) is 0 Å². The molecule has 2 atom stereocenters. The molecule has 0 aromatic rings. The van der Waals surface area contributed by atoms with Crippen LogP contribution in [0, 0.1) is 0 Å². The van der Waals surface area contributed by atoms with Gasteiger partial charge in [-0.3, -0.25) is 0 Å². The van der Waals surface area contributed by atoms with Crippen LogP contribution in [0.25, 0.3) is 0 Å². The van der Waals surface area contributed by atoms with E-state index in [0.717, 1.165) is 0 Å². The van der Waals surface area contributed by atoms with E-state index in [0.29, 0.717) is 12.1 Å². The van der Waals surface area contributed by atoms with Crippen LogP contribution in [0.5, 0.6) is 0 Å². The van der Waals surface area contributed by atoms with Crippen LogP contribution >= 0.6 is 0 Å². The predicted octanol–water partition coefficient (Wildman–Crippen LogP) is 1.08. The number of piperazine rings is 1. The summed E-state index contributed by atoms with van der Waals surface area (Å²) in [5.74, 6) is 0. The summed E-state index contributed by atoms with van der Waals surface area (Å²) in [6, 6.07) is 1.34. The second kappa shape index (κ2) is 4.07. The molecule has 0 aromatic heterocycles. The molecule has 0 aromatic carbocycles. The van der Waals surface area contributed by atoms with E-state index < -0.39 is 0 Å². The van der Waals surface area contributed by atoms with E-state index in [1.54, 1.807) is 0 Å². The Kier molecular flexibility index (Phi) is 3.34. The van der Waals surface area contributed by atoms with Crippen molar-refractivity contribution in [2.24, 2.45) is 0 Å². The first-order chi connectivity index (χ1) is 5.22. The Morgan fingerprint density at radius 1 is 1.27 bits per heavy atom. The van der Waals surface area contributed by atoms with Crippen molar-refractivity contribution in [3.05, 3.63) is 0 Å². The highest BCUT2D eigenvalue weighted by Gasteiger charge is 2.19. The SMILES string of the molecule is CCCN1C[C@H](C)N[C@@H](C)C1. The van der Waals surface area contributed by atoms with Gasteiger partial charge in [0.05, 0.1) is 0 Å². The second-order valence-corrected chi connectivity index (χ2v) is 3.73. The third kappa shape index (κ3) is 2.80. The molecule has 66 valence electrons. The summed E-state index contributed by atoms with van der Waals surface area (Å²) in [5.41, 5.74) is 0. The molecule has 2 nitrogen and oxygen atoms in total. The van der Waals surface area contributed by atoms with Gasteiger partial charge in [-0.2, -0.15) is 0 Å². The van der Waals surface area contributed by atoms with E-state index in [9.17, 15) is 0 Å². The highest BCUT2D eigenvalue weighted by Crippen LogP contribution is 2.03. The van der Waals surface area contributed by atoms with Gasteiger partial charge in [0.2, 0.25) is 0 Å². The lowest BCUT2D eigenvalue weighted by Crippen LogP contribution is -2.54. The van der Waals surface area contributed by atoms with Crippen LogP contribution in [0.4, 0.5) is 0 Å². The molecule has 0 bridgehead atoms. The van der Waals surface area contributed by atoms with Gasteiger partial charge in [0.25, 0.3) is 0 Å². The quantitative estimate of drug-likeness (QED) is 0.643. The molecule has 1 aliphatic rings. The molecule has 1 fully saturated rings. The molecular weight excluding hydrogens is 136 g/mol. The number of nitrogens with zero attached hydrogens (tertiary/aromatic N) is 1. The highest BCUT2D eigenvalue weighted by molar-refractivity contribution is 4.80. The molecule has 11 heavy (non-hydrogen) atoms. The zero-order chi connectivity index (χ0) is 8.27. The molecule has 0 spiro atoms. The third-order valence-electron chi connectivity index (χ3n) is 2.17. The number of rotatable bonds is 2. The maximum atomic E-state index is 3.53. The smallest absolute Gasteiger partial charge is 0.0169 e. The van der Waals surface area contributed by atoms with Crippen molar-refractivity contribution in [2.75, 3.05) is 19.6 Å². The first-order valence-corrected chi connectivity index (χ1v) is 4.70. The van der Waals surface area contributed by atoms with Gasteiger partial charge >= 0.3 is 0 Å². The topological polar surface area (TPSA) is 15.3 Å². The van der Waals surface area contributed by atoms with E-state index in [2.05, 4.69) is 31.0 Å². The molecule has 1 heterocycles. The van der Waals surface area contributed by atoms with Crippen LogP contribution in [0.15, 0.2) is 0 Å². The van der Waals surface area contributed by atoms with Gasteiger partial charge < -0.3 is 10.2 Å². The molecule has 0 radical (unpaired) electrons. The summed E-state index contributed by atoms with van der Waals surface area (Å²) in [6.07, 6.45) is 1.28.